The summed E-state index contributed by atoms with van der Waals surface area (Å²) in [6, 6.07) is 15.6. The number of nitrogens with two attached hydrogens (primary N) is 1. The van der Waals surface area contributed by atoms with Crippen LogP contribution in [0.5, 0.6) is 23.0 Å². The van der Waals surface area contributed by atoms with Crippen molar-refractivity contribution >= 4 is 47.4 Å². The van der Waals surface area contributed by atoms with Gasteiger partial charge >= 0.3 is 12.1 Å². The number of carbonyl (C=O) groups excluding carboxylic acids is 2. The fourth-order valence-corrected chi connectivity index (χ4v) is 3.91. The molecule has 0 bridgehead atoms. The zero-order valence-corrected chi connectivity index (χ0v) is 23.8. The topological polar surface area (TPSA) is 176 Å². The summed E-state index contributed by atoms with van der Waals surface area (Å²) < 4.78 is 23.8. The van der Waals surface area contributed by atoms with Gasteiger partial charge < -0.3 is 45.0 Å². The number of carbonyl (C=O) groups is 3. The van der Waals surface area contributed by atoms with E-state index in [0.717, 1.165) is 11.1 Å². The molecule has 0 aliphatic heterocycles. The SMILES string of the molecule is COc1cc(C(=O)NC[C@@H](NC(=O)OCc2ccccc2)C(=O)O)cc(OC)c1Oc1cccc2c1nc(N)n2C.Cl. The predicted molar refractivity (Wildman–Crippen MR) is 156 cm³/mol. The molecule has 4 rings (SSSR count). The standard InChI is InChI=1S/C28H29N5O8.ClH/c1-33-19-10-7-11-20(23(19)32-27(33)29)41-24-21(38-2)12-17(13-22(24)39-3)25(34)30-14-18(26(35)36)31-28(37)40-15-16-8-5-4-6-9-16;/h4-13,18H,14-15H2,1-3H3,(H2,29,32)(H,30,34)(H,31,37)(H,35,36);1H/t18-;/m1./s1. The Kier molecular flexibility index (Phi) is 10.4. The van der Waals surface area contributed by atoms with Crippen molar-refractivity contribution in [3.8, 4) is 23.0 Å². The van der Waals surface area contributed by atoms with Crippen LogP contribution in [-0.4, -0.2) is 59.4 Å². The normalized spacial score (nSPS) is 11.1. The van der Waals surface area contributed by atoms with Gasteiger partial charge in [0.1, 0.15) is 18.2 Å². The molecule has 4 aromatic rings. The first-order valence-electron chi connectivity index (χ1n) is 12.3. The number of methoxy groups -OCH3 is 2. The van der Waals surface area contributed by atoms with Crippen molar-refractivity contribution in [2.24, 2.45) is 7.05 Å². The van der Waals surface area contributed by atoms with Gasteiger partial charge in [-0.25, -0.2) is 14.6 Å². The molecule has 42 heavy (non-hydrogen) atoms. The average molecular weight is 600 g/mol. The maximum atomic E-state index is 13.0. The molecule has 0 fully saturated rings. The number of imidazole rings is 1. The summed E-state index contributed by atoms with van der Waals surface area (Å²) in [7, 11) is 4.57. The van der Waals surface area contributed by atoms with Crippen LogP contribution >= 0.6 is 12.4 Å². The zero-order valence-electron chi connectivity index (χ0n) is 23.0. The molecular formula is C28H30ClN5O8. The molecule has 13 nitrogen and oxygen atoms in total. The van der Waals surface area contributed by atoms with Crippen LogP contribution in [0.4, 0.5) is 10.7 Å². The first-order chi connectivity index (χ1) is 19.7. The van der Waals surface area contributed by atoms with E-state index in [9.17, 15) is 19.5 Å². The molecule has 14 heteroatoms. The quantitative estimate of drug-likeness (QED) is 0.199. The third kappa shape index (κ3) is 7.12. The number of aryl methyl sites for hydroxylation is 1. The van der Waals surface area contributed by atoms with Crippen LogP contribution in [0.2, 0.25) is 0 Å². The monoisotopic (exact) mass is 599 g/mol. The van der Waals surface area contributed by atoms with Crippen molar-refractivity contribution in [2.75, 3.05) is 26.5 Å². The predicted octanol–water partition coefficient (Wildman–Crippen LogP) is 3.50. The number of fused-ring (bicyclic) bond motifs is 1. The molecule has 3 aromatic carbocycles. The number of rotatable bonds is 11. The summed E-state index contributed by atoms with van der Waals surface area (Å²) in [5.74, 6) is -0.766. The molecule has 1 heterocycles. The fourth-order valence-electron chi connectivity index (χ4n) is 3.91. The van der Waals surface area contributed by atoms with Crippen molar-refractivity contribution in [1.82, 2.24) is 20.2 Å². The molecule has 5 N–H and O–H groups in total. The molecule has 222 valence electrons. The Morgan fingerprint density at radius 2 is 1.67 bits per heavy atom. The summed E-state index contributed by atoms with van der Waals surface area (Å²) in [4.78, 5) is 41.1. The smallest absolute Gasteiger partial charge is 0.408 e. The molecule has 0 radical (unpaired) electrons. The van der Waals surface area contributed by atoms with Gasteiger partial charge in [0.05, 0.1) is 19.7 Å². The number of nitrogens with zero attached hydrogens (tertiary/aromatic N) is 2. The van der Waals surface area contributed by atoms with E-state index in [1.165, 1.54) is 26.4 Å². The van der Waals surface area contributed by atoms with Gasteiger partial charge in [-0.3, -0.25) is 4.79 Å². The van der Waals surface area contributed by atoms with E-state index in [4.69, 9.17) is 24.7 Å². The van der Waals surface area contributed by atoms with Gasteiger partial charge in [0.25, 0.3) is 5.91 Å². The molecule has 0 unspecified atom stereocenters. The van der Waals surface area contributed by atoms with E-state index >= 15 is 0 Å². The summed E-state index contributed by atoms with van der Waals surface area (Å²) in [6.45, 7) is -0.456. The number of hydrogen-bond acceptors (Lipinski definition) is 9. The molecule has 0 aliphatic carbocycles. The van der Waals surface area contributed by atoms with Gasteiger partial charge in [0.2, 0.25) is 11.7 Å². The Morgan fingerprint density at radius 1 is 1.00 bits per heavy atom. The molecule has 0 spiro atoms. The third-order valence-corrected chi connectivity index (χ3v) is 6.11. The number of anilines is 1. The molecule has 0 saturated carbocycles. The Labute approximate surface area is 246 Å². The number of nitrogen functional groups attached to an aromatic ring is 1. The van der Waals surface area contributed by atoms with Crippen LogP contribution in [0.3, 0.4) is 0 Å². The van der Waals surface area contributed by atoms with Crippen LogP contribution in [0.15, 0.2) is 60.7 Å². The van der Waals surface area contributed by atoms with Gasteiger partial charge in [0, 0.05) is 19.2 Å². The molecular weight excluding hydrogens is 570 g/mol. The molecule has 2 amide bonds. The first kappa shape index (κ1) is 31.4. The van der Waals surface area contributed by atoms with Crippen molar-refractivity contribution < 1.29 is 38.4 Å². The van der Waals surface area contributed by atoms with E-state index in [-0.39, 0.29) is 41.8 Å². The van der Waals surface area contributed by atoms with E-state index < -0.39 is 30.6 Å². The minimum Gasteiger partial charge on any atom is -0.493 e. The third-order valence-electron chi connectivity index (χ3n) is 6.11. The fraction of sp³-hybridized carbons (Fsp3) is 0.214. The Balaban J connectivity index is 0.00000484. The summed E-state index contributed by atoms with van der Waals surface area (Å²) >= 11 is 0. The zero-order chi connectivity index (χ0) is 29.5. The number of hydrogen-bond donors (Lipinski definition) is 4. The number of amides is 2. The van der Waals surface area contributed by atoms with Gasteiger partial charge in [-0.05, 0) is 29.8 Å². The number of aromatic nitrogens is 2. The van der Waals surface area contributed by atoms with E-state index in [1.54, 1.807) is 48.0 Å². The molecule has 0 aliphatic rings. The highest BCUT2D eigenvalue weighted by atomic mass is 35.5. The second-order valence-electron chi connectivity index (χ2n) is 8.77. The maximum Gasteiger partial charge on any atom is 0.408 e. The number of aliphatic carboxylic acids is 1. The van der Waals surface area contributed by atoms with Gasteiger partial charge in [-0.1, -0.05) is 36.4 Å². The minimum atomic E-state index is -1.44. The average Bonchev–Trinajstić information content (AvgIpc) is 3.28. The van der Waals surface area contributed by atoms with E-state index in [2.05, 4.69) is 15.6 Å². The number of alkyl carbamates (subject to hydrolysis) is 1. The van der Waals surface area contributed by atoms with Gasteiger partial charge in [0.15, 0.2) is 17.2 Å². The lowest BCUT2D eigenvalue weighted by Crippen LogP contribution is -2.48. The van der Waals surface area contributed by atoms with Crippen LogP contribution in [0, 0.1) is 0 Å². The van der Waals surface area contributed by atoms with Crippen molar-refractivity contribution in [2.45, 2.75) is 12.6 Å². The van der Waals surface area contributed by atoms with Crippen LogP contribution in [0.25, 0.3) is 11.0 Å². The van der Waals surface area contributed by atoms with Gasteiger partial charge in [-0.15, -0.1) is 12.4 Å². The highest BCUT2D eigenvalue weighted by molar-refractivity contribution is 5.96. The van der Waals surface area contributed by atoms with Crippen LogP contribution < -0.4 is 30.6 Å². The number of carboxylic acid groups (broad SMARTS) is 1. The summed E-state index contributed by atoms with van der Waals surface area (Å²) in [6.07, 6.45) is -0.940. The van der Waals surface area contributed by atoms with E-state index in [1.807, 2.05) is 12.1 Å². The number of ether oxygens (including phenoxy) is 4. The number of halogens is 1. The summed E-state index contributed by atoms with van der Waals surface area (Å²) in [5, 5.41) is 14.3. The maximum absolute atomic E-state index is 13.0. The molecule has 1 aromatic heterocycles. The van der Waals surface area contributed by atoms with Crippen molar-refractivity contribution in [3.05, 3.63) is 71.8 Å². The Hall–Kier alpha value is -5.17. The van der Waals surface area contributed by atoms with Crippen molar-refractivity contribution in [3.63, 3.8) is 0 Å². The Morgan fingerprint density at radius 3 is 2.29 bits per heavy atom. The Bertz CT molecular complexity index is 1550. The van der Waals surface area contributed by atoms with Crippen molar-refractivity contribution in [1.29, 1.82) is 0 Å². The van der Waals surface area contributed by atoms with Crippen LogP contribution in [0.1, 0.15) is 15.9 Å². The second kappa shape index (κ2) is 13.9. The highest BCUT2D eigenvalue weighted by Crippen LogP contribution is 2.43. The second-order valence-corrected chi connectivity index (χ2v) is 8.77. The van der Waals surface area contributed by atoms with Crippen LogP contribution in [-0.2, 0) is 23.2 Å². The minimum absolute atomic E-state index is 0. The number of para-hydroxylation sites is 1. The molecule has 1 atom stereocenters. The largest absolute Gasteiger partial charge is 0.493 e. The first-order valence-corrected chi connectivity index (χ1v) is 12.3. The van der Waals surface area contributed by atoms with Gasteiger partial charge in [-0.2, -0.15) is 0 Å². The number of benzene rings is 3. The molecule has 0 saturated heterocycles. The lowest BCUT2D eigenvalue weighted by atomic mass is 10.1. The van der Waals surface area contributed by atoms with E-state index in [0.29, 0.717) is 17.2 Å². The lowest BCUT2D eigenvalue weighted by molar-refractivity contribution is -0.139. The summed E-state index contributed by atoms with van der Waals surface area (Å²) in [5.41, 5.74) is 8.06. The number of nitrogens with one attached hydrogen (secondary N) is 2. The highest BCUT2D eigenvalue weighted by Gasteiger charge is 2.24. The lowest BCUT2D eigenvalue weighted by Gasteiger charge is -2.17. The number of carboxylic acids is 1.